The van der Waals surface area contributed by atoms with Crippen molar-refractivity contribution in [3.8, 4) is 0 Å². The van der Waals surface area contributed by atoms with Gasteiger partial charge in [0.1, 0.15) is 0 Å². The Morgan fingerprint density at radius 1 is 0.944 bits per heavy atom. The molecule has 0 aromatic heterocycles. The summed E-state index contributed by atoms with van der Waals surface area (Å²) in [7, 11) is 0. The molecule has 0 nitrogen and oxygen atoms in total. The Hall–Kier alpha value is -1.04. The second-order valence-corrected chi connectivity index (χ2v) is 5.00. The zero-order chi connectivity index (χ0) is 13.4. The Bertz CT molecular complexity index is 374. The van der Waals surface area contributed by atoms with Crippen molar-refractivity contribution in [3.63, 3.8) is 0 Å². The highest BCUT2D eigenvalue weighted by Gasteiger charge is 2.08. The van der Waals surface area contributed by atoms with Crippen LogP contribution in [-0.2, 0) is 19.3 Å². The quantitative estimate of drug-likeness (QED) is 0.524. The van der Waals surface area contributed by atoms with Crippen LogP contribution in [0.15, 0.2) is 18.7 Å². The molecule has 1 rings (SSSR count). The molecule has 0 amide bonds. The minimum atomic E-state index is 1.12. The second kappa shape index (κ2) is 8.13. The molecule has 100 valence electrons. The van der Waals surface area contributed by atoms with Crippen molar-refractivity contribution in [2.24, 2.45) is 0 Å². The molecule has 0 saturated carbocycles. The van der Waals surface area contributed by atoms with Crippen molar-refractivity contribution in [2.45, 2.75) is 65.7 Å². The lowest BCUT2D eigenvalue weighted by molar-refractivity contribution is 0.666. The lowest BCUT2D eigenvalue weighted by atomic mass is 9.90. The SMILES string of the molecule is C=Cc1c(CCCCCC)ccc(CC)c1CC. The molecule has 0 N–H and O–H groups in total. The molecule has 0 aliphatic heterocycles. The molecule has 0 fully saturated rings. The number of aryl methyl sites for hydroxylation is 2. The standard InChI is InChI=1S/C18H28/c1-5-9-10-11-12-16-14-13-15(6-2)17(7-3)18(16)8-4/h8,13-14H,4-7,9-12H2,1-3H3. The molecule has 0 unspecified atom stereocenters. The van der Waals surface area contributed by atoms with Crippen LogP contribution in [0, 0.1) is 0 Å². The van der Waals surface area contributed by atoms with E-state index in [-0.39, 0.29) is 0 Å². The molecule has 0 bridgehead atoms. The first kappa shape index (κ1) is 15.0. The fourth-order valence-corrected chi connectivity index (χ4v) is 2.72. The van der Waals surface area contributed by atoms with Gasteiger partial charge in [-0.05, 0) is 47.9 Å². The van der Waals surface area contributed by atoms with Crippen LogP contribution in [0.1, 0.15) is 68.7 Å². The first-order chi connectivity index (χ1) is 8.78. The minimum Gasteiger partial charge on any atom is -0.0984 e. The fourth-order valence-electron chi connectivity index (χ4n) is 2.72. The summed E-state index contributed by atoms with van der Waals surface area (Å²) in [4.78, 5) is 0. The van der Waals surface area contributed by atoms with Gasteiger partial charge in [0, 0.05) is 0 Å². The highest BCUT2D eigenvalue weighted by molar-refractivity contribution is 5.59. The van der Waals surface area contributed by atoms with E-state index in [2.05, 4.69) is 45.6 Å². The minimum absolute atomic E-state index is 1.12. The number of benzene rings is 1. The van der Waals surface area contributed by atoms with Gasteiger partial charge in [0.15, 0.2) is 0 Å². The number of hydrogen-bond donors (Lipinski definition) is 0. The molecule has 18 heavy (non-hydrogen) atoms. The normalized spacial score (nSPS) is 10.6. The summed E-state index contributed by atoms with van der Waals surface area (Å²) in [6.07, 6.45) is 10.8. The average Bonchev–Trinajstić information content (AvgIpc) is 2.42. The molecule has 0 saturated heterocycles. The Balaban J connectivity index is 2.87. The summed E-state index contributed by atoms with van der Waals surface area (Å²) in [5.41, 5.74) is 5.91. The maximum Gasteiger partial charge on any atom is -0.0196 e. The van der Waals surface area contributed by atoms with E-state index in [1.165, 1.54) is 54.4 Å². The van der Waals surface area contributed by atoms with Crippen LogP contribution in [-0.4, -0.2) is 0 Å². The molecular formula is C18H28. The molecule has 0 heterocycles. The van der Waals surface area contributed by atoms with Gasteiger partial charge in [-0.15, -0.1) is 0 Å². The summed E-state index contributed by atoms with van der Waals surface area (Å²) < 4.78 is 0. The van der Waals surface area contributed by atoms with E-state index in [1.54, 1.807) is 0 Å². The molecule has 0 heteroatoms. The molecule has 1 aromatic carbocycles. The monoisotopic (exact) mass is 244 g/mol. The smallest absolute Gasteiger partial charge is 0.0196 e. The first-order valence-corrected chi connectivity index (χ1v) is 7.54. The van der Waals surface area contributed by atoms with Crippen LogP contribution in [0.2, 0.25) is 0 Å². The third kappa shape index (κ3) is 3.73. The zero-order valence-corrected chi connectivity index (χ0v) is 12.4. The molecule has 0 spiro atoms. The Labute approximate surface area is 113 Å². The molecule has 0 atom stereocenters. The predicted molar refractivity (Wildman–Crippen MR) is 83.1 cm³/mol. The van der Waals surface area contributed by atoms with Crippen LogP contribution >= 0.6 is 0 Å². The van der Waals surface area contributed by atoms with Crippen LogP contribution < -0.4 is 0 Å². The van der Waals surface area contributed by atoms with E-state index in [4.69, 9.17) is 0 Å². The zero-order valence-electron chi connectivity index (χ0n) is 12.4. The van der Waals surface area contributed by atoms with E-state index < -0.39 is 0 Å². The van der Waals surface area contributed by atoms with E-state index in [0.29, 0.717) is 0 Å². The summed E-state index contributed by atoms with van der Waals surface area (Å²) in [6, 6.07) is 4.64. The van der Waals surface area contributed by atoms with Crippen molar-refractivity contribution in [1.29, 1.82) is 0 Å². The van der Waals surface area contributed by atoms with Gasteiger partial charge in [0.2, 0.25) is 0 Å². The van der Waals surface area contributed by atoms with Crippen molar-refractivity contribution in [1.82, 2.24) is 0 Å². The Morgan fingerprint density at radius 3 is 2.22 bits per heavy atom. The number of rotatable bonds is 8. The summed E-state index contributed by atoms with van der Waals surface area (Å²) in [6.45, 7) is 10.8. The van der Waals surface area contributed by atoms with E-state index >= 15 is 0 Å². The molecular weight excluding hydrogens is 216 g/mol. The van der Waals surface area contributed by atoms with Gasteiger partial charge < -0.3 is 0 Å². The maximum absolute atomic E-state index is 4.02. The maximum atomic E-state index is 4.02. The van der Waals surface area contributed by atoms with E-state index in [1.807, 2.05) is 0 Å². The lowest BCUT2D eigenvalue weighted by Gasteiger charge is -2.15. The molecule has 0 aliphatic rings. The van der Waals surface area contributed by atoms with Crippen molar-refractivity contribution in [2.75, 3.05) is 0 Å². The van der Waals surface area contributed by atoms with E-state index in [0.717, 1.165) is 12.8 Å². The largest absolute Gasteiger partial charge is 0.0984 e. The van der Waals surface area contributed by atoms with Gasteiger partial charge >= 0.3 is 0 Å². The van der Waals surface area contributed by atoms with Gasteiger partial charge in [0.25, 0.3) is 0 Å². The Morgan fingerprint density at radius 2 is 1.67 bits per heavy atom. The summed E-state index contributed by atoms with van der Waals surface area (Å²) in [5.74, 6) is 0. The highest BCUT2D eigenvalue weighted by atomic mass is 14.1. The van der Waals surface area contributed by atoms with Crippen LogP contribution in [0.25, 0.3) is 6.08 Å². The average molecular weight is 244 g/mol. The third-order valence-electron chi connectivity index (χ3n) is 3.78. The van der Waals surface area contributed by atoms with Gasteiger partial charge in [0.05, 0.1) is 0 Å². The van der Waals surface area contributed by atoms with Gasteiger partial charge in [-0.25, -0.2) is 0 Å². The molecule has 0 aliphatic carbocycles. The fraction of sp³-hybridized carbons (Fsp3) is 0.556. The van der Waals surface area contributed by atoms with Crippen molar-refractivity contribution in [3.05, 3.63) is 41.0 Å². The Kier molecular flexibility index (Phi) is 6.78. The van der Waals surface area contributed by atoms with Crippen LogP contribution in [0.3, 0.4) is 0 Å². The van der Waals surface area contributed by atoms with Crippen LogP contribution in [0.4, 0.5) is 0 Å². The summed E-state index contributed by atoms with van der Waals surface area (Å²) in [5, 5.41) is 0. The third-order valence-corrected chi connectivity index (χ3v) is 3.78. The highest BCUT2D eigenvalue weighted by Crippen LogP contribution is 2.23. The summed E-state index contributed by atoms with van der Waals surface area (Å²) >= 11 is 0. The number of hydrogen-bond acceptors (Lipinski definition) is 0. The van der Waals surface area contributed by atoms with E-state index in [9.17, 15) is 0 Å². The predicted octanol–water partition coefficient (Wildman–Crippen LogP) is 5.58. The van der Waals surface area contributed by atoms with Gasteiger partial charge in [-0.3, -0.25) is 0 Å². The van der Waals surface area contributed by atoms with Crippen molar-refractivity contribution >= 4 is 6.08 Å². The lowest BCUT2D eigenvalue weighted by Crippen LogP contribution is -2.00. The van der Waals surface area contributed by atoms with Crippen molar-refractivity contribution < 1.29 is 0 Å². The second-order valence-electron chi connectivity index (χ2n) is 5.00. The number of unbranched alkanes of at least 4 members (excludes halogenated alkanes) is 3. The topological polar surface area (TPSA) is 0 Å². The molecule has 1 aromatic rings. The van der Waals surface area contributed by atoms with Crippen LogP contribution in [0.5, 0.6) is 0 Å². The molecule has 0 radical (unpaired) electrons. The van der Waals surface area contributed by atoms with Gasteiger partial charge in [-0.1, -0.05) is 64.8 Å². The van der Waals surface area contributed by atoms with Gasteiger partial charge in [-0.2, -0.15) is 0 Å². The first-order valence-electron chi connectivity index (χ1n) is 7.54.